The van der Waals surface area contributed by atoms with Crippen LogP contribution in [0.1, 0.15) is 11.3 Å². The zero-order valence-corrected chi connectivity index (χ0v) is 13.7. The molecule has 4 nitrogen and oxygen atoms in total. The second-order valence-electron chi connectivity index (χ2n) is 4.37. The van der Waals surface area contributed by atoms with Gasteiger partial charge in [0.1, 0.15) is 0 Å². The third kappa shape index (κ3) is 2.35. The second kappa shape index (κ2) is 5.57. The van der Waals surface area contributed by atoms with E-state index >= 15 is 0 Å². The van der Waals surface area contributed by atoms with Crippen molar-refractivity contribution in [2.45, 2.75) is 12.8 Å². The van der Waals surface area contributed by atoms with E-state index in [2.05, 4.69) is 32.8 Å². The van der Waals surface area contributed by atoms with E-state index in [0.717, 1.165) is 26.3 Å². The topological polar surface area (TPSA) is 35.6 Å². The molecule has 3 rings (SSSR count). The molecule has 0 saturated heterocycles. The van der Waals surface area contributed by atoms with Crippen molar-refractivity contribution < 1.29 is 0 Å². The van der Waals surface area contributed by atoms with Crippen LogP contribution in [-0.2, 0) is 5.88 Å². The van der Waals surface area contributed by atoms with Gasteiger partial charge in [0.25, 0.3) is 0 Å². The summed E-state index contributed by atoms with van der Waals surface area (Å²) >= 11 is 8.34. The molecule has 2 aromatic heterocycles. The minimum Gasteiger partial charge on any atom is -0.221 e. The van der Waals surface area contributed by atoms with Gasteiger partial charge in [-0.2, -0.15) is 10.2 Å². The number of benzene rings is 1. The highest BCUT2D eigenvalue weighted by Crippen LogP contribution is 2.24. The first-order valence-corrected chi connectivity index (χ1v) is 7.72. The molecule has 1 aromatic carbocycles. The van der Waals surface area contributed by atoms with Gasteiger partial charge in [-0.3, -0.25) is 0 Å². The quantitative estimate of drug-likeness (QED) is 0.498. The standard InChI is InChI=1S/C14H12ClIN4/c1-10-13(7-15)14(19-9-11(16)8-17-19)20(18-10)12-5-3-2-4-6-12/h2-6,8-9H,7H2,1H3. The molecule has 0 atom stereocenters. The van der Waals surface area contributed by atoms with E-state index in [-0.39, 0.29) is 0 Å². The number of para-hydroxylation sites is 1. The maximum absolute atomic E-state index is 6.10. The van der Waals surface area contributed by atoms with E-state index in [1.165, 1.54) is 0 Å². The minimum absolute atomic E-state index is 0.407. The van der Waals surface area contributed by atoms with Crippen LogP contribution >= 0.6 is 34.2 Å². The lowest BCUT2D eigenvalue weighted by Crippen LogP contribution is -2.07. The van der Waals surface area contributed by atoms with Crippen LogP contribution < -0.4 is 0 Å². The number of alkyl halides is 1. The van der Waals surface area contributed by atoms with E-state index in [4.69, 9.17) is 11.6 Å². The molecule has 0 amide bonds. The summed E-state index contributed by atoms with van der Waals surface area (Å²) in [6.07, 6.45) is 3.78. The highest BCUT2D eigenvalue weighted by Gasteiger charge is 2.18. The fourth-order valence-electron chi connectivity index (χ4n) is 2.11. The summed E-state index contributed by atoms with van der Waals surface area (Å²) in [5, 5.41) is 8.99. The third-order valence-electron chi connectivity index (χ3n) is 3.06. The van der Waals surface area contributed by atoms with Crippen molar-refractivity contribution >= 4 is 34.2 Å². The Balaban J connectivity index is 2.25. The zero-order chi connectivity index (χ0) is 14.1. The molecular weight excluding hydrogens is 387 g/mol. The normalized spacial score (nSPS) is 10.9. The molecule has 0 saturated carbocycles. The summed E-state index contributed by atoms with van der Waals surface area (Å²) in [6, 6.07) is 10.00. The lowest BCUT2D eigenvalue weighted by molar-refractivity contribution is 0.758. The minimum atomic E-state index is 0.407. The molecule has 0 spiro atoms. The van der Waals surface area contributed by atoms with Gasteiger partial charge >= 0.3 is 0 Å². The van der Waals surface area contributed by atoms with Crippen LogP contribution in [0.2, 0.25) is 0 Å². The number of hydrogen-bond acceptors (Lipinski definition) is 2. The van der Waals surface area contributed by atoms with Gasteiger partial charge in [0, 0.05) is 11.8 Å². The van der Waals surface area contributed by atoms with E-state index in [9.17, 15) is 0 Å². The first kappa shape index (κ1) is 13.6. The first-order chi connectivity index (χ1) is 9.70. The van der Waals surface area contributed by atoms with E-state index < -0.39 is 0 Å². The average Bonchev–Trinajstić information content (AvgIpc) is 3.03. The van der Waals surface area contributed by atoms with Crippen LogP contribution in [0.25, 0.3) is 11.5 Å². The Hall–Kier alpha value is -1.34. The molecule has 0 N–H and O–H groups in total. The van der Waals surface area contributed by atoms with Crippen molar-refractivity contribution in [1.82, 2.24) is 19.6 Å². The number of aryl methyl sites for hydroxylation is 1. The van der Waals surface area contributed by atoms with Gasteiger partial charge in [-0.25, -0.2) is 9.36 Å². The van der Waals surface area contributed by atoms with Crippen molar-refractivity contribution in [3.8, 4) is 11.5 Å². The molecule has 2 heterocycles. The Morgan fingerprint density at radius 2 is 2.00 bits per heavy atom. The van der Waals surface area contributed by atoms with Crippen LogP contribution in [-0.4, -0.2) is 19.6 Å². The molecule has 0 aliphatic carbocycles. The number of nitrogens with zero attached hydrogens (tertiary/aromatic N) is 4. The Morgan fingerprint density at radius 3 is 2.60 bits per heavy atom. The number of rotatable bonds is 3. The molecule has 0 fully saturated rings. The molecule has 6 heteroatoms. The Morgan fingerprint density at radius 1 is 1.25 bits per heavy atom. The van der Waals surface area contributed by atoms with Gasteiger partial charge < -0.3 is 0 Å². The van der Waals surface area contributed by atoms with Gasteiger partial charge in [-0.1, -0.05) is 18.2 Å². The summed E-state index contributed by atoms with van der Waals surface area (Å²) < 4.78 is 4.78. The second-order valence-corrected chi connectivity index (χ2v) is 5.88. The summed E-state index contributed by atoms with van der Waals surface area (Å²) in [4.78, 5) is 0. The highest BCUT2D eigenvalue weighted by atomic mass is 127. The molecule has 20 heavy (non-hydrogen) atoms. The molecule has 0 aliphatic heterocycles. The fourth-order valence-corrected chi connectivity index (χ4v) is 2.81. The fraction of sp³-hybridized carbons (Fsp3) is 0.143. The van der Waals surface area contributed by atoms with Crippen molar-refractivity contribution in [3.63, 3.8) is 0 Å². The predicted octanol–water partition coefficient (Wildman–Crippen LogP) is 3.71. The van der Waals surface area contributed by atoms with Crippen molar-refractivity contribution in [2.24, 2.45) is 0 Å². The van der Waals surface area contributed by atoms with Crippen molar-refractivity contribution in [3.05, 3.63) is 57.6 Å². The van der Waals surface area contributed by atoms with Gasteiger partial charge in [0.15, 0.2) is 5.82 Å². The molecule has 0 radical (unpaired) electrons. The van der Waals surface area contributed by atoms with Crippen molar-refractivity contribution in [1.29, 1.82) is 0 Å². The van der Waals surface area contributed by atoms with Gasteiger partial charge in [-0.05, 0) is 41.6 Å². The molecule has 102 valence electrons. The third-order valence-corrected chi connectivity index (χ3v) is 3.88. The largest absolute Gasteiger partial charge is 0.221 e. The van der Waals surface area contributed by atoms with Gasteiger partial charge in [0.05, 0.1) is 27.0 Å². The first-order valence-electron chi connectivity index (χ1n) is 6.11. The van der Waals surface area contributed by atoms with Crippen LogP contribution in [0.5, 0.6) is 0 Å². The Kier molecular flexibility index (Phi) is 3.80. The van der Waals surface area contributed by atoms with Crippen LogP contribution in [0.15, 0.2) is 42.7 Å². The summed E-state index contributed by atoms with van der Waals surface area (Å²) in [5.74, 6) is 1.30. The maximum Gasteiger partial charge on any atom is 0.161 e. The number of halogens is 2. The monoisotopic (exact) mass is 398 g/mol. The van der Waals surface area contributed by atoms with Gasteiger partial charge in [0.2, 0.25) is 0 Å². The smallest absolute Gasteiger partial charge is 0.161 e. The molecule has 0 unspecified atom stereocenters. The van der Waals surface area contributed by atoms with Crippen LogP contribution in [0.3, 0.4) is 0 Å². The molecule has 3 aromatic rings. The summed E-state index contributed by atoms with van der Waals surface area (Å²) in [7, 11) is 0. The predicted molar refractivity (Wildman–Crippen MR) is 87.7 cm³/mol. The van der Waals surface area contributed by atoms with Crippen LogP contribution in [0, 0.1) is 10.5 Å². The Bertz CT molecular complexity index is 733. The maximum atomic E-state index is 6.10. The number of aromatic nitrogens is 4. The zero-order valence-electron chi connectivity index (χ0n) is 10.8. The van der Waals surface area contributed by atoms with E-state index in [0.29, 0.717) is 5.88 Å². The SMILES string of the molecule is Cc1nn(-c2ccccc2)c(-n2cc(I)cn2)c1CCl. The van der Waals surface area contributed by atoms with E-state index in [1.807, 2.05) is 59.0 Å². The average molecular weight is 399 g/mol. The Labute approximate surface area is 135 Å². The molecule has 0 bridgehead atoms. The molecule has 0 aliphatic rings. The van der Waals surface area contributed by atoms with Crippen molar-refractivity contribution in [2.75, 3.05) is 0 Å². The van der Waals surface area contributed by atoms with Crippen LogP contribution in [0.4, 0.5) is 0 Å². The lowest BCUT2D eigenvalue weighted by Gasteiger charge is -2.08. The summed E-state index contributed by atoms with van der Waals surface area (Å²) in [5.41, 5.74) is 2.91. The van der Waals surface area contributed by atoms with E-state index in [1.54, 1.807) is 0 Å². The molecular formula is C14H12ClIN4. The lowest BCUT2D eigenvalue weighted by atomic mass is 10.2. The summed E-state index contributed by atoms with van der Waals surface area (Å²) in [6.45, 7) is 1.97. The number of hydrogen-bond donors (Lipinski definition) is 0. The highest BCUT2D eigenvalue weighted by molar-refractivity contribution is 14.1. The van der Waals surface area contributed by atoms with Gasteiger partial charge in [-0.15, -0.1) is 11.6 Å².